The van der Waals surface area contributed by atoms with Gasteiger partial charge in [0.15, 0.2) is 0 Å². The normalized spacial score (nSPS) is 14.8. The van der Waals surface area contributed by atoms with E-state index in [-0.39, 0.29) is 16.7 Å². The number of phenols is 1. The Hall–Kier alpha value is -3.31. The maximum Gasteiger partial charge on any atom is 0.258 e. The van der Waals surface area contributed by atoms with Gasteiger partial charge in [-0.15, -0.1) is 0 Å². The second-order valence-electron chi connectivity index (χ2n) is 9.98. The van der Waals surface area contributed by atoms with E-state index in [2.05, 4.69) is 48.2 Å². The molecule has 0 bridgehead atoms. The summed E-state index contributed by atoms with van der Waals surface area (Å²) in [7, 11) is 8.12. The topological polar surface area (TPSA) is 59.6 Å². The van der Waals surface area contributed by atoms with Crippen LogP contribution in [0.15, 0.2) is 53.3 Å². The Kier molecular flexibility index (Phi) is 4.98. The minimum atomic E-state index is -0.115. The lowest BCUT2D eigenvalue weighted by Crippen LogP contribution is -2.25. The molecular weight excluding hydrogens is 410 g/mol. The largest absolute Gasteiger partial charge is 0.507 e. The minimum absolute atomic E-state index is 0.115. The molecule has 2 N–H and O–H groups in total. The van der Waals surface area contributed by atoms with Gasteiger partial charge in [0.1, 0.15) is 5.75 Å². The molecule has 3 aromatic carbocycles. The Labute approximate surface area is 194 Å². The third-order valence-electron chi connectivity index (χ3n) is 7.02. The van der Waals surface area contributed by atoms with Crippen LogP contribution < -0.4 is 10.5 Å². The van der Waals surface area contributed by atoms with Crippen LogP contribution in [0.25, 0.3) is 32.8 Å². The van der Waals surface area contributed by atoms with Crippen molar-refractivity contribution < 1.29 is 5.11 Å². The predicted octanol–water partition coefficient (Wildman–Crippen LogP) is 5.02. The Morgan fingerprint density at radius 1 is 1.00 bits per heavy atom. The van der Waals surface area contributed by atoms with Crippen LogP contribution in [0.3, 0.4) is 0 Å². The maximum absolute atomic E-state index is 13.1. The van der Waals surface area contributed by atoms with Crippen LogP contribution in [0.4, 0.5) is 5.69 Å². The third-order valence-corrected chi connectivity index (χ3v) is 7.02. The Morgan fingerprint density at radius 2 is 1.70 bits per heavy atom. The van der Waals surface area contributed by atoms with Gasteiger partial charge in [-0.05, 0) is 68.1 Å². The summed E-state index contributed by atoms with van der Waals surface area (Å²) in [6.45, 7) is 2.97. The highest BCUT2D eigenvalue weighted by Gasteiger charge is 2.44. The molecule has 0 atom stereocenters. The van der Waals surface area contributed by atoms with Crippen LogP contribution in [0, 0.1) is 6.92 Å². The molecule has 0 aliphatic heterocycles. The van der Waals surface area contributed by atoms with Gasteiger partial charge in [0.05, 0.1) is 10.9 Å². The summed E-state index contributed by atoms with van der Waals surface area (Å²) >= 11 is 0. The zero-order chi connectivity index (χ0) is 23.5. The second kappa shape index (κ2) is 7.63. The Bertz CT molecular complexity index is 1430. The van der Waals surface area contributed by atoms with E-state index in [0.717, 1.165) is 45.2 Å². The summed E-state index contributed by atoms with van der Waals surface area (Å²) in [5.41, 5.74) is 5.67. The van der Waals surface area contributed by atoms with Crippen molar-refractivity contribution in [3.05, 3.63) is 70.0 Å². The third kappa shape index (κ3) is 3.47. The van der Waals surface area contributed by atoms with E-state index in [0.29, 0.717) is 5.39 Å². The predicted molar refractivity (Wildman–Crippen MR) is 138 cm³/mol. The lowest BCUT2D eigenvalue weighted by Gasteiger charge is -2.21. The fraction of sp³-hybridized carbons (Fsp3) is 0.321. The van der Waals surface area contributed by atoms with Crippen molar-refractivity contribution in [2.24, 2.45) is 0 Å². The lowest BCUT2D eigenvalue weighted by molar-refractivity contribution is 0.362. The van der Waals surface area contributed by atoms with Crippen LogP contribution in [-0.4, -0.2) is 49.7 Å². The zero-order valence-electron chi connectivity index (χ0n) is 20.0. The number of aromatic hydroxyl groups is 1. The molecule has 1 aliphatic carbocycles. The SMILES string of the molecule is Cc1cc(O)c(-c2ccc(C3(CN(C)C)CC3)cc2)c2c1[nH]c(=O)c1c(N(C)C)cccc12. The quantitative estimate of drug-likeness (QED) is 0.427. The number of aryl methyl sites for hydroxylation is 1. The lowest BCUT2D eigenvalue weighted by atomic mass is 9.90. The van der Waals surface area contributed by atoms with E-state index >= 15 is 0 Å². The van der Waals surface area contributed by atoms with Crippen LogP contribution in [0.1, 0.15) is 24.0 Å². The number of pyridine rings is 1. The van der Waals surface area contributed by atoms with Gasteiger partial charge < -0.3 is 19.9 Å². The Morgan fingerprint density at radius 3 is 2.30 bits per heavy atom. The number of nitrogens with zero attached hydrogens (tertiary/aromatic N) is 2. The van der Waals surface area contributed by atoms with Crippen LogP contribution in [-0.2, 0) is 5.41 Å². The summed E-state index contributed by atoms with van der Waals surface area (Å²) < 4.78 is 0. The van der Waals surface area contributed by atoms with Crippen molar-refractivity contribution in [2.45, 2.75) is 25.2 Å². The molecule has 0 unspecified atom stereocenters. The molecule has 1 saturated carbocycles. The van der Waals surface area contributed by atoms with Crippen molar-refractivity contribution in [2.75, 3.05) is 39.6 Å². The van der Waals surface area contributed by atoms with E-state index in [9.17, 15) is 9.90 Å². The Balaban J connectivity index is 1.77. The first-order chi connectivity index (χ1) is 15.7. The monoisotopic (exact) mass is 441 g/mol. The smallest absolute Gasteiger partial charge is 0.258 e. The van der Waals surface area contributed by atoms with Crippen LogP contribution >= 0.6 is 0 Å². The molecule has 170 valence electrons. The van der Waals surface area contributed by atoms with E-state index in [4.69, 9.17) is 0 Å². The van der Waals surface area contributed by atoms with Gasteiger partial charge in [0.25, 0.3) is 5.56 Å². The highest BCUT2D eigenvalue weighted by molar-refractivity contribution is 6.17. The number of hydrogen-bond donors (Lipinski definition) is 2. The van der Waals surface area contributed by atoms with E-state index < -0.39 is 0 Å². The molecule has 5 nitrogen and oxygen atoms in total. The van der Waals surface area contributed by atoms with Gasteiger partial charge in [-0.1, -0.05) is 36.4 Å². The number of rotatable bonds is 5. The van der Waals surface area contributed by atoms with Gasteiger partial charge in [-0.3, -0.25) is 4.79 Å². The number of aromatic nitrogens is 1. The molecule has 1 fully saturated rings. The van der Waals surface area contributed by atoms with Crippen molar-refractivity contribution in [1.29, 1.82) is 0 Å². The summed E-state index contributed by atoms with van der Waals surface area (Å²) in [5, 5.41) is 13.5. The van der Waals surface area contributed by atoms with E-state index in [1.807, 2.05) is 44.1 Å². The molecule has 1 heterocycles. The number of hydrogen-bond acceptors (Lipinski definition) is 4. The van der Waals surface area contributed by atoms with Crippen molar-refractivity contribution >= 4 is 27.4 Å². The molecule has 0 radical (unpaired) electrons. The van der Waals surface area contributed by atoms with E-state index in [1.54, 1.807) is 6.07 Å². The average molecular weight is 442 g/mol. The molecule has 1 aromatic heterocycles. The van der Waals surface area contributed by atoms with Crippen LogP contribution in [0.5, 0.6) is 5.75 Å². The first-order valence-corrected chi connectivity index (χ1v) is 11.5. The molecular formula is C28H31N3O2. The van der Waals surface area contributed by atoms with Gasteiger partial charge in [-0.2, -0.15) is 0 Å². The van der Waals surface area contributed by atoms with Gasteiger partial charge in [-0.25, -0.2) is 0 Å². The van der Waals surface area contributed by atoms with Gasteiger partial charge >= 0.3 is 0 Å². The van der Waals surface area contributed by atoms with Crippen molar-refractivity contribution in [3.8, 4) is 16.9 Å². The number of benzene rings is 3. The first-order valence-electron chi connectivity index (χ1n) is 11.5. The van der Waals surface area contributed by atoms with Gasteiger partial charge in [0.2, 0.25) is 0 Å². The number of aromatic amines is 1. The second-order valence-corrected chi connectivity index (χ2v) is 9.98. The van der Waals surface area contributed by atoms with Crippen LogP contribution in [0.2, 0.25) is 0 Å². The maximum atomic E-state index is 13.1. The van der Waals surface area contributed by atoms with Crippen molar-refractivity contribution in [1.82, 2.24) is 9.88 Å². The zero-order valence-corrected chi connectivity index (χ0v) is 20.0. The summed E-state index contributed by atoms with van der Waals surface area (Å²) in [6, 6.07) is 16.3. The molecule has 5 heteroatoms. The average Bonchev–Trinajstić information content (AvgIpc) is 3.54. The minimum Gasteiger partial charge on any atom is -0.507 e. The summed E-state index contributed by atoms with van der Waals surface area (Å²) in [4.78, 5) is 20.4. The number of nitrogens with one attached hydrogen (secondary N) is 1. The first kappa shape index (κ1) is 21.5. The molecule has 0 saturated heterocycles. The van der Waals surface area contributed by atoms with Crippen molar-refractivity contribution in [3.63, 3.8) is 0 Å². The standard InChI is InChI=1S/C28H31N3O2/c1-17-15-22(32)23(18-9-11-19(12-10-18)28(13-14-28)16-30(2)3)25-20-7-6-8-21(31(4)5)24(20)27(33)29-26(17)25/h6-12,15,32H,13-14,16H2,1-5H3,(H,29,33). The molecule has 0 spiro atoms. The number of phenolic OH excluding ortho intramolecular Hbond substituents is 1. The molecule has 5 rings (SSSR count). The number of H-pyrrole nitrogens is 1. The summed E-state index contributed by atoms with van der Waals surface area (Å²) in [6.07, 6.45) is 2.42. The number of anilines is 1. The fourth-order valence-electron chi connectivity index (χ4n) is 5.34. The highest BCUT2D eigenvalue weighted by Crippen LogP contribution is 2.49. The summed E-state index contributed by atoms with van der Waals surface area (Å²) in [5.74, 6) is 0.228. The number of likely N-dealkylation sites (N-methyl/N-ethyl adjacent to an activating group) is 1. The molecule has 1 aliphatic rings. The fourth-order valence-corrected chi connectivity index (χ4v) is 5.34. The van der Waals surface area contributed by atoms with Gasteiger partial charge in [0, 0.05) is 42.7 Å². The molecule has 0 amide bonds. The number of fused-ring (bicyclic) bond motifs is 3. The molecule has 33 heavy (non-hydrogen) atoms. The molecule has 4 aromatic rings. The van der Waals surface area contributed by atoms with E-state index in [1.165, 1.54) is 18.4 Å². The highest BCUT2D eigenvalue weighted by atomic mass is 16.3.